The summed E-state index contributed by atoms with van der Waals surface area (Å²) in [7, 11) is 1.39. The second-order valence-electron chi connectivity index (χ2n) is 9.69. The first-order valence-electron chi connectivity index (χ1n) is 12.9. The number of benzene rings is 3. The number of halogens is 3. The number of nitro groups is 1. The van der Waals surface area contributed by atoms with Gasteiger partial charge >= 0.3 is 5.69 Å². The van der Waals surface area contributed by atoms with Gasteiger partial charge in [0.15, 0.2) is 5.75 Å². The molecule has 0 spiro atoms. The van der Waals surface area contributed by atoms with Gasteiger partial charge in [-0.25, -0.2) is 4.98 Å². The Balaban J connectivity index is 1.54. The molecule has 0 radical (unpaired) electrons. The first-order valence-corrected chi connectivity index (χ1v) is 14.5. The molecule has 0 atom stereocenters. The summed E-state index contributed by atoms with van der Waals surface area (Å²) in [5.41, 5.74) is 1.01. The SMILES string of the molecule is COc1cc(C=Nn2c(C3CCCCC3)nc3ccc(Br)cc3c2=O)cc([N+](=O)[O-])c1OCc1ccc(Cl)c(Cl)c1. The summed E-state index contributed by atoms with van der Waals surface area (Å²) >= 11 is 15.5. The molecular weight excluding hydrogens is 635 g/mol. The van der Waals surface area contributed by atoms with Gasteiger partial charge in [-0.1, -0.05) is 64.5 Å². The van der Waals surface area contributed by atoms with Crippen LogP contribution in [0, 0.1) is 10.1 Å². The fraction of sp³-hybridized carbons (Fsp3) is 0.276. The van der Waals surface area contributed by atoms with E-state index in [0.29, 0.717) is 37.9 Å². The topological polar surface area (TPSA) is 109 Å². The number of rotatable bonds is 8. The van der Waals surface area contributed by atoms with Gasteiger partial charge in [0.1, 0.15) is 12.4 Å². The van der Waals surface area contributed by atoms with Crippen molar-refractivity contribution in [1.29, 1.82) is 0 Å². The van der Waals surface area contributed by atoms with E-state index in [9.17, 15) is 14.9 Å². The summed E-state index contributed by atoms with van der Waals surface area (Å²) < 4.78 is 13.3. The van der Waals surface area contributed by atoms with Crippen LogP contribution < -0.4 is 15.0 Å². The third-order valence-electron chi connectivity index (χ3n) is 6.97. The quantitative estimate of drug-likeness (QED) is 0.108. The lowest BCUT2D eigenvalue weighted by molar-refractivity contribution is -0.386. The van der Waals surface area contributed by atoms with E-state index in [1.807, 2.05) is 12.1 Å². The van der Waals surface area contributed by atoms with E-state index in [4.69, 9.17) is 37.7 Å². The van der Waals surface area contributed by atoms with E-state index >= 15 is 0 Å². The van der Waals surface area contributed by atoms with Gasteiger partial charge in [0.25, 0.3) is 5.56 Å². The van der Waals surface area contributed by atoms with Crippen LogP contribution in [-0.2, 0) is 6.61 Å². The predicted octanol–water partition coefficient (Wildman–Crippen LogP) is 7.89. The molecule has 1 fully saturated rings. The summed E-state index contributed by atoms with van der Waals surface area (Å²) in [6, 6.07) is 13.2. The number of fused-ring (bicyclic) bond motifs is 1. The van der Waals surface area contributed by atoms with Crippen LogP contribution in [0.4, 0.5) is 5.69 Å². The number of hydrogen-bond acceptors (Lipinski definition) is 7. The second-order valence-corrected chi connectivity index (χ2v) is 11.4. The Morgan fingerprint density at radius 3 is 2.61 bits per heavy atom. The lowest BCUT2D eigenvalue weighted by atomic mass is 9.88. The molecule has 3 aromatic carbocycles. The maximum Gasteiger partial charge on any atom is 0.315 e. The van der Waals surface area contributed by atoms with Crippen molar-refractivity contribution in [3.05, 3.63) is 100 Å². The van der Waals surface area contributed by atoms with E-state index in [2.05, 4.69) is 21.0 Å². The third-order valence-corrected chi connectivity index (χ3v) is 8.20. The maximum atomic E-state index is 13.6. The van der Waals surface area contributed by atoms with Crippen LogP contribution in [0.2, 0.25) is 10.0 Å². The molecule has 9 nitrogen and oxygen atoms in total. The summed E-state index contributed by atoms with van der Waals surface area (Å²) in [6.07, 6.45) is 6.47. The second kappa shape index (κ2) is 12.6. The predicted molar refractivity (Wildman–Crippen MR) is 163 cm³/mol. The summed E-state index contributed by atoms with van der Waals surface area (Å²) in [4.78, 5) is 29.9. The molecule has 0 N–H and O–H groups in total. The highest BCUT2D eigenvalue weighted by molar-refractivity contribution is 9.10. The summed E-state index contributed by atoms with van der Waals surface area (Å²) in [6.45, 7) is -0.0000143. The summed E-state index contributed by atoms with van der Waals surface area (Å²) in [5.74, 6) is 0.769. The standard InChI is InChI=1S/C29H25BrCl2N4O5/c1-40-26-13-18(12-25(36(38)39)27(26)41-16-17-7-9-22(31)23(32)11-17)15-33-35-28(19-5-3-2-4-6-19)34-24-10-8-20(30)14-21(24)29(35)37/h7-15,19H,2-6,16H2,1H3. The Morgan fingerprint density at radius 1 is 1.12 bits per heavy atom. The van der Waals surface area contributed by atoms with E-state index in [0.717, 1.165) is 36.6 Å². The van der Waals surface area contributed by atoms with Crippen LogP contribution in [0.3, 0.4) is 0 Å². The minimum Gasteiger partial charge on any atom is -0.493 e. The zero-order valence-electron chi connectivity index (χ0n) is 22.0. The zero-order chi connectivity index (χ0) is 29.1. The Morgan fingerprint density at radius 2 is 1.90 bits per heavy atom. The number of nitro benzene ring substituents is 1. The van der Waals surface area contributed by atoms with Crippen LogP contribution in [0.5, 0.6) is 11.5 Å². The largest absolute Gasteiger partial charge is 0.493 e. The molecule has 1 heterocycles. The summed E-state index contributed by atoms with van der Waals surface area (Å²) in [5, 5.41) is 17.7. The molecule has 1 aromatic heterocycles. The van der Waals surface area contributed by atoms with Crippen LogP contribution in [0.15, 0.2) is 62.9 Å². The van der Waals surface area contributed by atoms with Crippen LogP contribution in [-0.4, -0.2) is 27.9 Å². The minimum absolute atomic E-state index is 0.0000143. The smallest absolute Gasteiger partial charge is 0.315 e. The van der Waals surface area contributed by atoms with Crippen molar-refractivity contribution in [3.63, 3.8) is 0 Å². The van der Waals surface area contributed by atoms with Gasteiger partial charge in [0, 0.05) is 22.0 Å². The van der Waals surface area contributed by atoms with Crippen molar-refractivity contribution in [2.45, 2.75) is 44.6 Å². The molecule has 5 rings (SSSR count). The third kappa shape index (κ3) is 6.39. The van der Waals surface area contributed by atoms with E-state index in [1.54, 1.807) is 30.3 Å². The van der Waals surface area contributed by atoms with Crippen molar-refractivity contribution < 1.29 is 14.4 Å². The van der Waals surface area contributed by atoms with Crippen molar-refractivity contribution in [3.8, 4) is 11.5 Å². The Kier molecular flexibility index (Phi) is 8.91. The Bertz CT molecular complexity index is 1720. The minimum atomic E-state index is -0.557. The molecule has 0 amide bonds. The average molecular weight is 660 g/mol. The average Bonchev–Trinajstić information content (AvgIpc) is 2.97. The van der Waals surface area contributed by atoms with Crippen LogP contribution >= 0.6 is 39.1 Å². The molecule has 1 aliphatic rings. The molecule has 0 aliphatic heterocycles. The molecule has 212 valence electrons. The van der Waals surface area contributed by atoms with Crippen LogP contribution in [0.25, 0.3) is 10.9 Å². The molecule has 12 heteroatoms. The van der Waals surface area contributed by atoms with E-state index in [-0.39, 0.29) is 35.3 Å². The van der Waals surface area contributed by atoms with Gasteiger partial charge in [-0.05, 0) is 54.8 Å². The van der Waals surface area contributed by atoms with Crippen molar-refractivity contribution in [2.75, 3.05) is 7.11 Å². The normalized spacial score (nSPS) is 14.0. The van der Waals surface area contributed by atoms with Gasteiger partial charge in [-0.2, -0.15) is 9.78 Å². The van der Waals surface area contributed by atoms with Gasteiger partial charge in [0.2, 0.25) is 5.75 Å². The van der Waals surface area contributed by atoms with Crippen molar-refractivity contribution in [1.82, 2.24) is 9.66 Å². The van der Waals surface area contributed by atoms with E-state index in [1.165, 1.54) is 24.1 Å². The first-order chi connectivity index (χ1) is 19.7. The van der Waals surface area contributed by atoms with Gasteiger partial charge in [0.05, 0.1) is 39.2 Å². The van der Waals surface area contributed by atoms with Crippen molar-refractivity contribution in [2.24, 2.45) is 5.10 Å². The fourth-order valence-corrected chi connectivity index (χ4v) is 5.61. The number of methoxy groups -OCH3 is 1. The first kappa shape index (κ1) is 29.0. The molecule has 0 unspecified atom stereocenters. The molecule has 1 aliphatic carbocycles. The maximum absolute atomic E-state index is 13.6. The van der Waals surface area contributed by atoms with Crippen LogP contribution in [0.1, 0.15) is 55.0 Å². The van der Waals surface area contributed by atoms with Gasteiger partial charge < -0.3 is 9.47 Å². The molecule has 0 bridgehead atoms. The molecule has 1 saturated carbocycles. The van der Waals surface area contributed by atoms with Gasteiger partial charge in [-0.3, -0.25) is 14.9 Å². The van der Waals surface area contributed by atoms with E-state index < -0.39 is 4.92 Å². The van der Waals surface area contributed by atoms with Crippen molar-refractivity contribution >= 4 is 61.9 Å². The molecule has 4 aromatic rings. The lowest BCUT2D eigenvalue weighted by Crippen LogP contribution is -2.25. The zero-order valence-corrected chi connectivity index (χ0v) is 25.1. The number of ether oxygens (including phenoxy) is 2. The fourth-order valence-electron chi connectivity index (χ4n) is 4.93. The van der Waals surface area contributed by atoms with Gasteiger partial charge in [-0.15, -0.1) is 0 Å². The molecular formula is C29H25BrCl2N4O5. The highest BCUT2D eigenvalue weighted by Crippen LogP contribution is 2.39. The highest BCUT2D eigenvalue weighted by Gasteiger charge is 2.24. The lowest BCUT2D eigenvalue weighted by Gasteiger charge is -2.22. The molecule has 0 saturated heterocycles. The molecule has 41 heavy (non-hydrogen) atoms. The highest BCUT2D eigenvalue weighted by atomic mass is 79.9. The Labute approximate surface area is 254 Å². The monoisotopic (exact) mass is 658 g/mol. The number of aromatic nitrogens is 2. The number of nitrogens with zero attached hydrogens (tertiary/aromatic N) is 4. The Hall–Kier alpha value is -3.47. The number of hydrogen-bond donors (Lipinski definition) is 0.